The summed E-state index contributed by atoms with van der Waals surface area (Å²) in [5, 5.41) is 4.61. The van der Waals surface area contributed by atoms with E-state index in [0.717, 1.165) is 42.3 Å². The van der Waals surface area contributed by atoms with Gasteiger partial charge in [0.15, 0.2) is 5.82 Å². The van der Waals surface area contributed by atoms with Crippen molar-refractivity contribution in [1.29, 1.82) is 0 Å². The third-order valence-electron chi connectivity index (χ3n) is 3.69. The molecule has 1 aromatic heterocycles. The van der Waals surface area contributed by atoms with Gasteiger partial charge in [-0.2, -0.15) is 5.10 Å². The maximum atomic E-state index is 6.39. The first-order valence-corrected chi connectivity index (χ1v) is 7.71. The van der Waals surface area contributed by atoms with E-state index in [0.29, 0.717) is 5.92 Å². The lowest BCUT2D eigenvalue weighted by atomic mass is 10.1. The van der Waals surface area contributed by atoms with Crippen LogP contribution in [0.5, 0.6) is 0 Å². The number of unbranched alkanes of at least 4 members (excludes halogenated alkanes) is 1. The topological polar surface area (TPSA) is 47.1 Å². The molecule has 0 bridgehead atoms. The minimum atomic E-state index is 0.328. The molecule has 2 rings (SSSR count). The fraction of sp³-hybridized carbons (Fsp3) is 0.471. The van der Waals surface area contributed by atoms with E-state index in [1.807, 2.05) is 17.8 Å². The number of hydrogen-bond acceptors (Lipinski definition) is 3. The summed E-state index contributed by atoms with van der Waals surface area (Å²) in [5.74, 6) is 1.33. The van der Waals surface area contributed by atoms with Gasteiger partial charge in [-0.05, 0) is 24.5 Å². The Morgan fingerprint density at radius 2 is 1.90 bits per heavy atom. The highest BCUT2D eigenvalue weighted by Crippen LogP contribution is 2.35. The van der Waals surface area contributed by atoms with Crippen molar-refractivity contribution in [2.24, 2.45) is 7.05 Å². The van der Waals surface area contributed by atoms with Gasteiger partial charge in [0.25, 0.3) is 0 Å². The number of hydrogen-bond donors (Lipinski definition) is 1. The minimum Gasteiger partial charge on any atom is -0.394 e. The highest BCUT2D eigenvalue weighted by molar-refractivity contribution is 5.74. The summed E-state index contributed by atoms with van der Waals surface area (Å²) < 4.78 is 1.91. The van der Waals surface area contributed by atoms with Gasteiger partial charge in [-0.3, -0.25) is 4.68 Å². The summed E-state index contributed by atoms with van der Waals surface area (Å²) in [6, 6.07) is 10.4. The van der Waals surface area contributed by atoms with E-state index < -0.39 is 0 Å². The number of para-hydroxylation sites is 1. The Balaban J connectivity index is 2.47. The molecule has 0 aliphatic heterocycles. The van der Waals surface area contributed by atoms with Crippen LogP contribution < -0.4 is 10.6 Å². The van der Waals surface area contributed by atoms with Crippen LogP contribution >= 0.6 is 0 Å². The first-order chi connectivity index (χ1) is 10.1. The Hall–Kier alpha value is -1.97. The molecule has 0 unspecified atom stereocenters. The summed E-state index contributed by atoms with van der Waals surface area (Å²) in [4.78, 5) is 2.28. The molecule has 0 aliphatic carbocycles. The fourth-order valence-electron chi connectivity index (χ4n) is 2.58. The third kappa shape index (κ3) is 3.20. The van der Waals surface area contributed by atoms with Crippen molar-refractivity contribution in [3.05, 3.63) is 36.0 Å². The number of benzene rings is 1. The van der Waals surface area contributed by atoms with Crippen LogP contribution in [0.25, 0.3) is 0 Å². The van der Waals surface area contributed by atoms with Crippen molar-refractivity contribution < 1.29 is 0 Å². The second-order valence-corrected chi connectivity index (χ2v) is 5.74. The lowest BCUT2D eigenvalue weighted by Gasteiger charge is -2.25. The lowest BCUT2D eigenvalue weighted by Crippen LogP contribution is -2.22. The number of nitrogens with zero attached hydrogens (tertiary/aromatic N) is 3. The number of aromatic nitrogens is 2. The minimum absolute atomic E-state index is 0.328. The fourth-order valence-corrected chi connectivity index (χ4v) is 2.58. The summed E-state index contributed by atoms with van der Waals surface area (Å²) in [7, 11) is 1.97. The van der Waals surface area contributed by atoms with Crippen LogP contribution in [-0.2, 0) is 7.05 Å². The highest BCUT2D eigenvalue weighted by Gasteiger charge is 2.21. The zero-order valence-electron chi connectivity index (χ0n) is 13.5. The number of aryl methyl sites for hydroxylation is 1. The molecule has 1 heterocycles. The Bertz CT molecular complexity index is 572. The van der Waals surface area contributed by atoms with E-state index in [9.17, 15) is 0 Å². The van der Waals surface area contributed by atoms with Gasteiger partial charge in [0, 0.05) is 19.3 Å². The van der Waals surface area contributed by atoms with E-state index in [2.05, 4.69) is 55.0 Å². The van der Waals surface area contributed by atoms with Crippen LogP contribution in [0.2, 0.25) is 0 Å². The summed E-state index contributed by atoms with van der Waals surface area (Å²) in [5.41, 5.74) is 9.33. The SMILES string of the molecule is CCCCN(c1ccccc1)c1c(N)c(C(C)C)nn1C. The number of nitrogen functional groups attached to an aromatic ring is 1. The largest absolute Gasteiger partial charge is 0.394 e. The molecule has 0 aliphatic rings. The third-order valence-corrected chi connectivity index (χ3v) is 3.69. The van der Waals surface area contributed by atoms with Gasteiger partial charge in [-0.25, -0.2) is 0 Å². The van der Waals surface area contributed by atoms with Crippen molar-refractivity contribution in [3.63, 3.8) is 0 Å². The quantitative estimate of drug-likeness (QED) is 0.871. The lowest BCUT2D eigenvalue weighted by molar-refractivity contribution is 0.695. The van der Waals surface area contributed by atoms with Crippen LogP contribution in [0.4, 0.5) is 17.2 Å². The Morgan fingerprint density at radius 3 is 2.43 bits per heavy atom. The van der Waals surface area contributed by atoms with Gasteiger partial charge in [0.1, 0.15) is 0 Å². The monoisotopic (exact) mass is 286 g/mol. The van der Waals surface area contributed by atoms with Gasteiger partial charge < -0.3 is 10.6 Å². The maximum absolute atomic E-state index is 6.39. The van der Waals surface area contributed by atoms with Crippen molar-refractivity contribution >= 4 is 17.2 Å². The molecule has 0 amide bonds. The molecule has 4 heteroatoms. The molecular formula is C17H26N4. The molecule has 2 N–H and O–H groups in total. The molecule has 0 spiro atoms. The van der Waals surface area contributed by atoms with E-state index in [1.54, 1.807) is 0 Å². The molecule has 114 valence electrons. The first kappa shape index (κ1) is 15.4. The van der Waals surface area contributed by atoms with E-state index in [-0.39, 0.29) is 0 Å². The molecule has 4 nitrogen and oxygen atoms in total. The average Bonchev–Trinajstić information content (AvgIpc) is 2.77. The van der Waals surface area contributed by atoms with Crippen LogP contribution in [-0.4, -0.2) is 16.3 Å². The van der Waals surface area contributed by atoms with Gasteiger partial charge in [0.05, 0.1) is 11.4 Å². The average molecular weight is 286 g/mol. The second-order valence-electron chi connectivity index (χ2n) is 5.74. The predicted octanol–water partition coefficient (Wildman–Crippen LogP) is 4.06. The van der Waals surface area contributed by atoms with Crippen LogP contribution in [0.15, 0.2) is 30.3 Å². The van der Waals surface area contributed by atoms with Crippen LogP contribution in [0.3, 0.4) is 0 Å². The van der Waals surface area contributed by atoms with E-state index >= 15 is 0 Å². The molecule has 21 heavy (non-hydrogen) atoms. The summed E-state index contributed by atoms with van der Waals surface area (Å²) in [6.45, 7) is 7.40. The summed E-state index contributed by atoms with van der Waals surface area (Å²) >= 11 is 0. The molecule has 0 saturated heterocycles. The number of anilines is 3. The molecule has 0 atom stereocenters. The van der Waals surface area contributed by atoms with Crippen molar-refractivity contribution in [1.82, 2.24) is 9.78 Å². The molecule has 0 fully saturated rings. The zero-order chi connectivity index (χ0) is 15.4. The Labute approximate surface area is 127 Å². The van der Waals surface area contributed by atoms with Gasteiger partial charge in [-0.15, -0.1) is 0 Å². The second kappa shape index (κ2) is 6.66. The van der Waals surface area contributed by atoms with E-state index in [4.69, 9.17) is 5.73 Å². The highest BCUT2D eigenvalue weighted by atomic mass is 15.4. The van der Waals surface area contributed by atoms with Crippen LogP contribution in [0, 0.1) is 0 Å². The standard InChI is InChI=1S/C17H26N4/c1-5-6-12-21(14-10-8-7-9-11-14)17-15(18)16(13(2)3)19-20(17)4/h7-11,13H,5-6,12,18H2,1-4H3. The number of nitrogens with two attached hydrogens (primary N) is 1. The predicted molar refractivity (Wildman–Crippen MR) is 90.1 cm³/mol. The first-order valence-electron chi connectivity index (χ1n) is 7.71. The maximum Gasteiger partial charge on any atom is 0.154 e. The van der Waals surface area contributed by atoms with Crippen molar-refractivity contribution in [3.8, 4) is 0 Å². The van der Waals surface area contributed by atoms with Gasteiger partial charge in [0.2, 0.25) is 0 Å². The molecular weight excluding hydrogens is 260 g/mol. The smallest absolute Gasteiger partial charge is 0.154 e. The molecule has 2 aromatic rings. The molecule has 0 radical (unpaired) electrons. The molecule has 0 saturated carbocycles. The van der Waals surface area contributed by atoms with E-state index in [1.165, 1.54) is 0 Å². The van der Waals surface area contributed by atoms with Crippen molar-refractivity contribution in [2.45, 2.75) is 39.5 Å². The Kier molecular flexibility index (Phi) is 4.89. The molecule has 1 aromatic carbocycles. The van der Waals surface area contributed by atoms with Crippen molar-refractivity contribution in [2.75, 3.05) is 17.2 Å². The summed E-state index contributed by atoms with van der Waals surface area (Å²) in [6.07, 6.45) is 2.27. The zero-order valence-corrected chi connectivity index (χ0v) is 13.5. The van der Waals surface area contributed by atoms with Gasteiger partial charge in [-0.1, -0.05) is 45.4 Å². The van der Waals surface area contributed by atoms with Gasteiger partial charge >= 0.3 is 0 Å². The Morgan fingerprint density at radius 1 is 1.24 bits per heavy atom. The normalized spacial score (nSPS) is 11.1. The van der Waals surface area contributed by atoms with Crippen LogP contribution in [0.1, 0.15) is 45.2 Å². The number of rotatable bonds is 6.